The summed E-state index contributed by atoms with van der Waals surface area (Å²) in [5, 5.41) is 22.0. The van der Waals surface area contributed by atoms with Crippen molar-refractivity contribution in [2.75, 3.05) is 13.2 Å². The quantitative estimate of drug-likeness (QED) is 0.729. The van der Waals surface area contributed by atoms with Crippen LogP contribution < -0.4 is 10.4 Å². The normalized spacial score (nSPS) is 11.6. The van der Waals surface area contributed by atoms with Crippen molar-refractivity contribution in [3.63, 3.8) is 0 Å². The van der Waals surface area contributed by atoms with Crippen LogP contribution in [0.15, 0.2) is 48.5 Å². The van der Waals surface area contributed by atoms with E-state index in [1.807, 2.05) is 38.1 Å². The van der Waals surface area contributed by atoms with Crippen molar-refractivity contribution in [2.45, 2.75) is 26.7 Å². The van der Waals surface area contributed by atoms with Crippen LogP contribution in [0.3, 0.4) is 0 Å². The van der Waals surface area contributed by atoms with E-state index in [4.69, 9.17) is 8.85 Å². The Morgan fingerprint density at radius 3 is 1.48 bits per heavy atom. The van der Waals surface area contributed by atoms with Gasteiger partial charge in [0.15, 0.2) is 0 Å². The van der Waals surface area contributed by atoms with Crippen LogP contribution in [0.5, 0.6) is 11.5 Å². The molecular formula is C18H24O4Si. The second-order valence-corrected chi connectivity index (χ2v) is 8.24. The van der Waals surface area contributed by atoms with E-state index in [1.54, 1.807) is 24.3 Å². The van der Waals surface area contributed by atoms with E-state index in [9.17, 15) is 10.2 Å². The maximum atomic E-state index is 10.4. The fourth-order valence-electron chi connectivity index (χ4n) is 2.49. The average Bonchev–Trinajstić information content (AvgIpc) is 2.57. The zero-order valence-corrected chi connectivity index (χ0v) is 14.7. The molecule has 0 radical (unpaired) electrons. The molecular weight excluding hydrogens is 308 g/mol. The molecule has 2 N–H and O–H groups in total. The molecule has 0 amide bonds. The van der Waals surface area contributed by atoms with E-state index in [-0.39, 0.29) is 11.5 Å². The van der Waals surface area contributed by atoms with Crippen LogP contribution in [0.1, 0.15) is 26.7 Å². The lowest BCUT2D eigenvalue weighted by atomic mass is 10.3. The highest BCUT2D eigenvalue weighted by molar-refractivity contribution is 6.93. The maximum Gasteiger partial charge on any atom is 0.414 e. The van der Waals surface area contributed by atoms with Gasteiger partial charge in [-0.15, -0.1) is 0 Å². The van der Waals surface area contributed by atoms with Gasteiger partial charge in [0, 0.05) is 23.6 Å². The van der Waals surface area contributed by atoms with E-state index in [0.29, 0.717) is 23.6 Å². The minimum Gasteiger partial charge on any atom is -0.508 e. The SMILES string of the molecule is CCCO[Si](OCCC)(c1ccccc1O)c1ccccc1O. The largest absolute Gasteiger partial charge is 0.508 e. The Kier molecular flexibility index (Phi) is 6.21. The third-order valence-corrected chi connectivity index (χ3v) is 7.02. The summed E-state index contributed by atoms with van der Waals surface area (Å²) in [7, 11) is -3.18. The Labute approximate surface area is 138 Å². The van der Waals surface area contributed by atoms with E-state index in [0.717, 1.165) is 12.8 Å². The molecule has 0 fully saturated rings. The van der Waals surface area contributed by atoms with Gasteiger partial charge < -0.3 is 19.1 Å². The van der Waals surface area contributed by atoms with Crippen LogP contribution in [0, 0.1) is 0 Å². The Balaban J connectivity index is 2.64. The van der Waals surface area contributed by atoms with Crippen molar-refractivity contribution in [2.24, 2.45) is 0 Å². The number of hydrogen-bond donors (Lipinski definition) is 2. The van der Waals surface area contributed by atoms with Gasteiger partial charge in [-0.3, -0.25) is 0 Å². The molecule has 0 saturated heterocycles. The number of phenols is 2. The Morgan fingerprint density at radius 2 is 1.13 bits per heavy atom. The first-order valence-electron chi connectivity index (χ1n) is 8.00. The molecule has 2 aromatic rings. The highest BCUT2D eigenvalue weighted by Gasteiger charge is 2.46. The summed E-state index contributed by atoms with van der Waals surface area (Å²) in [4.78, 5) is 0. The van der Waals surface area contributed by atoms with Gasteiger partial charge in [0.05, 0.1) is 0 Å². The van der Waals surface area contributed by atoms with Gasteiger partial charge in [-0.05, 0) is 25.0 Å². The molecule has 0 unspecified atom stereocenters. The molecule has 4 nitrogen and oxygen atoms in total. The molecule has 0 bridgehead atoms. The lowest BCUT2D eigenvalue weighted by Crippen LogP contribution is -2.63. The van der Waals surface area contributed by atoms with Gasteiger partial charge in [-0.1, -0.05) is 50.2 Å². The first kappa shape index (κ1) is 17.5. The number of aromatic hydroxyl groups is 2. The van der Waals surface area contributed by atoms with E-state index in [2.05, 4.69) is 0 Å². The van der Waals surface area contributed by atoms with Crippen LogP contribution >= 0.6 is 0 Å². The minimum atomic E-state index is -3.18. The van der Waals surface area contributed by atoms with Crippen LogP contribution in [0.25, 0.3) is 0 Å². The highest BCUT2D eigenvalue weighted by atomic mass is 28.4. The van der Waals surface area contributed by atoms with Gasteiger partial charge >= 0.3 is 8.56 Å². The van der Waals surface area contributed by atoms with Crippen molar-refractivity contribution in [3.8, 4) is 11.5 Å². The lowest BCUT2D eigenvalue weighted by molar-refractivity contribution is 0.190. The molecule has 0 heterocycles. The van der Waals surface area contributed by atoms with Gasteiger partial charge in [-0.2, -0.15) is 0 Å². The number of hydrogen-bond acceptors (Lipinski definition) is 4. The van der Waals surface area contributed by atoms with E-state index < -0.39 is 8.56 Å². The first-order chi connectivity index (χ1) is 11.2. The summed E-state index contributed by atoms with van der Waals surface area (Å²) in [5.74, 6) is 0.268. The molecule has 0 spiro atoms. The number of para-hydroxylation sites is 2. The standard InChI is InChI=1S/C18H24O4Si/c1-3-13-21-23(22-14-4-2,17-11-7-5-9-15(17)19)18-12-8-6-10-16(18)20/h5-12,19-20H,3-4,13-14H2,1-2H3. The summed E-state index contributed by atoms with van der Waals surface area (Å²) < 4.78 is 12.4. The molecule has 0 aromatic heterocycles. The van der Waals surface area contributed by atoms with Gasteiger partial charge in [-0.25, -0.2) is 0 Å². The van der Waals surface area contributed by atoms with Crippen molar-refractivity contribution >= 4 is 18.9 Å². The third-order valence-electron chi connectivity index (χ3n) is 3.54. The fraction of sp³-hybridized carbons (Fsp3) is 0.333. The predicted molar refractivity (Wildman–Crippen MR) is 93.7 cm³/mol. The molecule has 124 valence electrons. The molecule has 0 aliphatic heterocycles. The van der Waals surface area contributed by atoms with Crippen LogP contribution in [-0.4, -0.2) is 32.0 Å². The summed E-state index contributed by atoms with van der Waals surface area (Å²) in [6.45, 7) is 5.04. The first-order valence-corrected chi connectivity index (χ1v) is 9.82. The second kappa shape index (κ2) is 8.15. The van der Waals surface area contributed by atoms with Crippen molar-refractivity contribution in [1.82, 2.24) is 0 Å². The number of benzene rings is 2. The van der Waals surface area contributed by atoms with Gasteiger partial charge in [0.25, 0.3) is 0 Å². The minimum absolute atomic E-state index is 0.134. The van der Waals surface area contributed by atoms with Crippen molar-refractivity contribution < 1.29 is 19.1 Å². The fourth-order valence-corrected chi connectivity index (χ4v) is 5.94. The Morgan fingerprint density at radius 1 is 0.739 bits per heavy atom. The van der Waals surface area contributed by atoms with Gasteiger partial charge in [0.2, 0.25) is 0 Å². The second-order valence-electron chi connectivity index (χ2n) is 5.35. The monoisotopic (exact) mass is 332 g/mol. The lowest BCUT2D eigenvalue weighted by Gasteiger charge is -2.32. The predicted octanol–water partition coefficient (Wildman–Crippen LogP) is 2.51. The summed E-state index contributed by atoms with van der Waals surface area (Å²) in [6, 6.07) is 14.1. The average molecular weight is 332 g/mol. The Bertz CT molecular complexity index is 574. The van der Waals surface area contributed by atoms with Crippen LogP contribution in [0.2, 0.25) is 0 Å². The summed E-state index contributed by atoms with van der Waals surface area (Å²) >= 11 is 0. The molecule has 0 saturated carbocycles. The molecule has 0 aliphatic rings. The third kappa shape index (κ3) is 3.75. The molecule has 2 aromatic carbocycles. The zero-order chi connectivity index (χ0) is 16.7. The van der Waals surface area contributed by atoms with E-state index >= 15 is 0 Å². The van der Waals surface area contributed by atoms with Crippen molar-refractivity contribution in [1.29, 1.82) is 0 Å². The van der Waals surface area contributed by atoms with Crippen LogP contribution in [0.4, 0.5) is 0 Å². The Hall–Kier alpha value is -1.82. The summed E-state index contributed by atoms with van der Waals surface area (Å²) in [6.07, 6.45) is 1.65. The molecule has 2 rings (SSSR count). The van der Waals surface area contributed by atoms with Crippen molar-refractivity contribution in [3.05, 3.63) is 48.5 Å². The number of rotatable bonds is 8. The topological polar surface area (TPSA) is 58.9 Å². The molecule has 0 aliphatic carbocycles. The zero-order valence-electron chi connectivity index (χ0n) is 13.7. The smallest absolute Gasteiger partial charge is 0.414 e. The maximum absolute atomic E-state index is 10.4. The molecule has 5 heteroatoms. The van der Waals surface area contributed by atoms with Crippen LogP contribution in [-0.2, 0) is 8.85 Å². The summed E-state index contributed by atoms with van der Waals surface area (Å²) in [5.41, 5.74) is 0. The van der Waals surface area contributed by atoms with Gasteiger partial charge in [0.1, 0.15) is 11.5 Å². The van der Waals surface area contributed by atoms with E-state index in [1.165, 1.54) is 0 Å². The highest BCUT2D eigenvalue weighted by Crippen LogP contribution is 2.20. The molecule has 23 heavy (non-hydrogen) atoms. The molecule has 0 atom stereocenters. The number of phenolic OH excluding ortho intramolecular Hbond substituents is 2.